The van der Waals surface area contributed by atoms with E-state index in [1.165, 1.54) is 0 Å². The average molecular weight is 303 g/mol. The number of benzene rings is 2. The zero-order valence-electron chi connectivity index (χ0n) is 12.0. The van der Waals surface area contributed by atoms with Gasteiger partial charge in [0.1, 0.15) is 11.5 Å². The molecule has 0 radical (unpaired) electrons. The van der Waals surface area contributed by atoms with Crippen molar-refractivity contribution in [3.63, 3.8) is 0 Å². The normalized spacial score (nSPS) is 10.2. The molecule has 21 heavy (non-hydrogen) atoms. The fourth-order valence-corrected chi connectivity index (χ4v) is 2.16. The van der Waals surface area contributed by atoms with Crippen molar-refractivity contribution in [2.45, 2.75) is 11.8 Å². The molecule has 5 heteroatoms. The topological polar surface area (TPSA) is 61.5 Å². The van der Waals surface area contributed by atoms with E-state index in [-0.39, 0.29) is 5.97 Å². The highest BCUT2D eigenvalue weighted by Crippen LogP contribution is 2.29. The molecule has 2 aromatic rings. The lowest BCUT2D eigenvalue weighted by atomic mass is 10.2. The van der Waals surface area contributed by atoms with E-state index in [1.807, 2.05) is 30.5 Å². The summed E-state index contributed by atoms with van der Waals surface area (Å²) in [6, 6.07) is 12.6. The number of nitrogen functional groups attached to an aromatic ring is 1. The minimum absolute atomic E-state index is 0.332. The second kappa shape index (κ2) is 7.04. The van der Waals surface area contributed by atoms with Crippen LogP contribution in [0.15, 0.2) is 47.4 Å². The maximum absolute atomic E-state index is 11.6. The summed E-state index contributed by atoms with van der Waals surface area (Å²) in [5.41, 5.74) is 6.74. The summed E-state index contributed by atoms with van der Waals surface area (Å²) in [5.74, 6) is 0.823. The first-order valence-electron chi connectivity index (χ1n) is 6.52. The fourth-order valence-electron chi connectivity index (χ4n) is 1.75. The van der Waals surface area contributed by atoms with Gasteiger partial charge in [0.05, 0.1) is 17.9 Å². The molecule has 0 aliphatic rings. The second-order valence-corrected chi connectivity index (χ2v) is 5.13. The van der Waals surface area contributed by atoms with E-state index in [0.717, 1.165) is 4.90 Å². The van der Waals surface area contributed by atoms with E-state index in [0.29, 0.717) is 29.4 Å². The first kappa shape index (κ1) is 15.3. The van der Waals surface area contributed by atoms with Gasteiger partial charge in [-0.1, -0.05) is 0 Å². The number of carbonyl (C=O) groups is 1. The number of carbonyl (C=O) groups excluding carboxylic acids is 1. The number of nitrogens with two attached hydrogens (primary N) is 1. The van der Waals surface area contributed by atoms with Crippen LogP contribution in [0, 0.1) is 0 Å². The van der Waals surface area contributed by atoms with Crippen molar-refractivity contribution < 1.29 is 14.3 Å². The van der Waals surface area contributed by atoms with Gasteiger partial charge in [0.15, 0.2) is 0 Å². The molecule has 2 rings (SSSR count). The van der Waals surface area contributed by atoms with E-state index < -0.39 is 0 Å². The van der Waals surface area contributed by atoms with Gasteiger partial charge in [-0.05, 0) is 55.6 Å². The standard InChI is InChI=1S/C16H17NO3S/c1-3-19-16(18)11-4-9-15(14(17)10-11)20-12-5-7-13(21-2)8-6-12/h4-10H,3,17H2,1-2H3. The molecule has 0 spiro atoms. The van der Waals surface area contributed by atoms with Crippen LogP contribution in [-0.2, 0) is 4.74 Å². The average Bonchev–Trinajstić information content (AvgIpc) is 2.50. The van der Waals surface area contributed by atoms with Crippen LogP contribution in [0.25, 0.3) is 0 Å². The maximum Gasteiger partial charge on any atom is 0.338 e. The number of hydrogen-bond acceptors (Lipinski definition) is 5. The molecule has 0 fully saturated rings. The molecule has 0 amide bonds. The number of esters is 1. The molecule has 0 unspecified atom stereocenters. The Balaban J connectivity index is 2.15. The lowest BCUT2D eigenvalue weighted by Gasteiger charge is -2.10. The van der Waals surface area contributed by atoms with Crippen LogP contribution >= 0.6 is 11.8 Å². The second-order valence-electron chi connectivity index (χ2n) is 4.25. The number of thioether (sulfide) groups is 1. The van der Waals surface area contributed by atoms with Crippen LogP contribution in [0.2, 0.25) is 0 Å². The third kappa shape index (κ3) is 3.92. The molecule has 0 heterocycles. The Hall–Kier alpha value is -2.14. The Bertz CT molecular complexity index is 626. The van der Waals surface area contributed by atoms with Crippen molar-refractivity contribution in [1.82, 2.24) is 0 Å². The summed E-state index contributed by atoms with van der Waals surface area (Å²) in [6.45, 7) is 2.09. The smallest absolute Gasteiger partial charge is 0.338 e. The van der Waals surface area contributed by atoms with Crippen LogP contribution in [0.1, 0.15) is 17.3 Å². The van der Waals surface area contributed by atoms with E-state index in [4.69, 9.17) is 15.2 Å². The minimum Gasteiger partial charge on any atom is -0.462 e. The zero-order valence-corrected chi connectivity index (χ0v) is 12.8. The van der Waals surface area contributed by atoms with Gasteiger partial charge in [-0.3, -0.25) is 0 Å². The molecule has 110 valence electrons. The van der Waals surface area contributed by atoms with Crippen molar-refractivity contribution in [3.8, 4) is 11.5 Å². The van der Waals surface area contributed by atoms with E-state index in [9.17, 15) is 4.79 Å². The van der Waals surface area contributed by atoms with Crippen molar-refractivity contribution in [1.29, 1.82) is 0 Å². The molecular weight excluding hydrogens is 286 g/mol. The summed E-state index contributed by atoms with van der Waals surface area (Å²) in [4.78, 5) is 12.8. The summed E-state index contributed by atoms with van der Waals surface area (Å²) < 4.78 is 10.6. The molecule has 0 saturated carbocycles. The van der Waals surface area contributed by atoms with E-state index in [2.05, 4.69) is 0 Å². The maximum atomic E-state index is 11.6. The molecule has 0 saturated heterocycles. The van der Waals surface area contributed by atoms with Gasteiger partial charge in [0.2, 0.25) is 0 Å². The van der Waals surface area contributed by atoms with Crippen LogP contribution in [-0.4, -0.2) is 18.8 Å². The van der Waals surface area contributed by atoms with Crippen molar-refractivity contribution in [2.75, 3.05) is 18.6 Å². The first-order chi connectivity index (χ1) is 10.1. The lowest BCUT2D eigenvalue weighted by Crippen LogP contribution is -2.05. The van der Waals surface area contributed by atoms with Gasteiger partial charge >= 0.3 is 5.97 Å². The zero-order chi connectivity index (χ0) is 15.2. The van der Waals surface area contributed by atoms with Crippen LogP contribution in [0.3, 0.4) is 0 Å². The van der Waals surface area contributed by atoms with Crippen LogP contribution in [0.4, 0.5) is 5.69 Å². The first-order valence-corrected chi connectivity index (χ1v) is 7.75. The Morgan fingerprint density at radius 1 is 1.19 bits per heavy atom. The van der Waals surface area contributed by atoms with Gasteiger partial charge in [-0.2, -0.15) is 0 Å². The Morgan fingerprint density at radius 3 is 2.48 bits per heavy atom. The predicted octanol–water partition coefficient (Wildman–Crippen LogP) is 3.96. The number of rotatable bonds is 5. The molecule has 4 nitrogen and oxygen atoms in total. The quantitative estimate of drug-likeness (QED) is 0.514. The molecule has 0 bridgehead atoms. The predicted molar refractivity (Wildman–Crippen MR) is 85.1 cm³/mol. The van der Waals surface area contributed by atoms with Crippen molar-refractivity contribution >= 4 is 23.4 Å². The monoisotopic (exact) mass is 303 g/mol. The molecule has 2 aromatic carbocycles. The molecule has 2 N–H and O–H groups in total. The number of anilines is 1. The number of ether oxygens (including phenoxy) is 2. The van der Waals surface area contributed by atoms with Crippen LogP contribution in [0.5, 0.6) is 11.5 Å². The molecule has 0 atom stereocenters. The summed E-state index contributed by atoms with van der Waals surface area (Å²) in [7, 11) is 0. The third-order valence-electron chi connectivity index (χ3n) is 2.81. The SMILES string of the molecule is CCOC(=O)c1ccc(Oc2ccc(SC)cc2)c(N)c1. The molecule has 0 aromatic heterocycles. The Morgan fingerprint density at radius 2 is 1.90 bits per heavy atom. The van der Waals surface area contributed by atoms with Gasteiger partial charge in [0.25, 0.3) is 0 Å². The molecular formula is C16H17NO3S. The van der Waals surface area contributed by atoms with Crippen molar-refractivity contribution in [2.24, 2.45) is 0 Å². The minimum atomic E-state index is -0.389. The highest BCUT2D eigenvalue weighted by atomic mass is 32.2. The van der Waals surface area contributed by atoms with Gasteiger partial charge in [0, 0.05) is 4.90 Å². The van der Waals surface area contributed by atoms with Crippen LogP contribution < -0.4 is 10.5 Å². The summed E-state index contributed by atoms with van der Waals surface area (Å²) in [5, 5.41) is 0. The highest BCUT2D eigenvalue weighted by Gasteiger charge is 2.10. The largest absolute Gasteiger partial charge is 0.462 e. The van der Waals surface area contributed by atoms with Gasteiger partial charge in [-0.15, -0.1) is 11.8 Å². The van der Waals surface area contributed by atoms with Gasteiger partial charge < -0.3 is 15.2 Å². The molecule has 0 aliphatic carbocycles. The highest BCUT2D eigenvalue weighted by molar-refractivity contribution is 7.98. The fraction of sp³-hybridized carbons (Fsp3) is 0.188. The van der Waals surface area contributed by atoms with Gasteiger partial charge in [-0.25, -0.2) is 4.79 Å². The third-order valence-corrected chi connectivity index (χ3v) is 3.55. The van der Waals surface area contributed by atoms with Crippen molar-refractivity contribution in [3.05, 3.63) is 48.0 Å². The number of hydrogen-bond donors (Lipinski definition) is 1. The lowest BCUT2D eigenvalue weighted by molar-refractivity contribution is 0.0526. The van der Waals surface area contributed by atoms with E-state index >= 15 is 0 Å². The summed E-state index contributed by atoms with van der Waals surface area (Å²) >= 11 is 1.67. The Kier molecular flexibility index (Phi) is 5.11. The summed E-state index contributed by atoms with van der Waals surface area (Å²) in [6.07, 6.45) is 2.02. The Labute approximate surface area is 128 Å². The van der Waals surface area contributed by atoms with E-state index in [1.54, 1.807) is 36.9 Å². The molecule has 0 aliphatic heterocycles.